The fourth-order valence-corrected chi connectivity index (χ4v) is 3.43. The smallest absolute Gasteiger partial charge is 0.416 e. The SMILES string of the molecule is CC1CNCC(c2nc(-c3cc(C#N)c(F)cc3OC(O)(O)O)cs2)O1. The number of hydrogen-bond donors (Lipinski definition) is 4. The number of aliphatic hydroxyl groups is 3. The normalized spacial score (nSPS) is 20.6. The maximum absolute atomic E-state index is 13.9. The van der Waals surface area contributed by atoms with Crippen molar-refractivity contribution in [3.8, 4) is 23.1 Å². The van der Waals surface area contributed by atoms with Crippen molar-refractivity contribution in [2.75, 3.05) is 13.1 Å². The summed E-state index contributed by atoms with van der Waals surface area (Å²) in [7, 11) is 0. The number of nitriles is 1. The molecule has 0 amide bonds. The molecule has 2 atom stereocenters. The molecule has 1 saturated heterocycles. The van der Waals surface area contributed by atoms with Crippen molar-refractivity contribution in [3.05, 3.63) is 33.9 Å². The zero-order valence-corrected chi connectivity index (χ0v) is 14.5. The topological polar surface area (TPSA) is 128 Å². The zero-order valence-electron chi connectivity index (χ0n) is 13.6. The lowest BCUT2D eigenvalue weighted by atomic mass is 10.1. The van der Waals surface area contributed by atoms with Crippen molar-refractivity contribution in [1.82, 2.24) is 10.3 Å². The van der Waals surface area contributed by atoms with Crippen LogP contribution < -0.4 is 10.1 Å². The molecule has 0 saturated carbocycles. The van der Waals surface area contributed by atoms with Crippen molar-refractivity contribution in [2.24, 2.45) is 0 Å². The lowest BCUT2D eigenvalue weighted by Crippen LogP contribution is -2.38. The monoisotopic (exact) mass is 381 g/mol. The fraction of sp³-hybridized carbons (Fsp3) is 0.375. The molecule has 2 aromatic rings. The average molecular weight is 381 g/mol. The molecule has 10 heteroatoms. The number of aromatic nitrogens is 1. The molecule has 4 N–H and O–H groups in total. The Morgan fingerprint density at radius 1 is 1.42 bits per heavy atom. The van der Waals surface area contributed by atoms with Crippen molar-refractivity contribution in [1.29, 1.82) is 5.26 Å². The molecule has 1 fully saturated rings. The first kappa shape index (κ1) is 18.7. The van der Waals surface area contributed by atoms with Gasteiger partial charge in [0.05, 0.1) is 17.4 Å². The van der Waals surface area contributed by atoms with Gasteiger partial charge in [0.25, 0.3) is 0 Å². The lowest BCUT2D eigenvalue weighted by molar-refractivity contribution is -0.419. The van der Waals surface area contributed by atoms with Gasteiger partial charge in [-0.05, 0) is 13.0 Å². The maximum Gasteiger partial charge on any atom is 0.453 e. The minimum absolute atomic E-state index is 0.0230. The predicted molar refractivity (Wildman–Crippen MR) is 88.4 cm³/mol. The van der Waals surface area contributed by atoms with Gasteiger partial charge in [0, 0.05) is 30.1 Å². The van der Waals surface area contributed by atoms with E-state index in [1.54, 1.807) is 11.4 Å². The summed E-state index contributed by atoms with van der Waals surface area (Å²) >= 11 is 1.30. The van der Waals surface area contributed by atoms with Crippen molar-refractivity contribution in [2.45, 2.75) is 25.3 Å². The van der Waals surface area contributed by atoms with Gasteiger partial charge >= 0.3 is 6.16 Å². The lowest BCUT2D eigenvalue weighted by Gasteiger charge is -2.27. The van der Waals surface area contributed by atoms with Crippen LogP contribution in [-0.2, 0) is 4.74 Å². The van der Waals surface area contributed by atoms with Gasteiger partial charge in [0.15, 0.2) is 0 Å². The van der Waals surface area contributed by atoms with E-state index in [1.807, 2.05) is 6.92 Å². The van der Waals surface area contributed by atoms with E-state index in [1.165, 1.54) is 11.3 Å². The van der Waals surface area contributed by atoms with Crippen LogP contribution in [0.1, 0.15) is 23.6 Å². The van der Waals surface area contributed by atoms with Crippen molar-refractivity contribution in [3.63, 3.8) is 0 Å². The third-order valence-electron chi connectivity index (χ3n) is 3.67. The van der Waals surface area contributed by atoms with Gasteiger partial charge in [-0.3, -0.25) is 0 Å². The van der Waals surface area contributed by atoms with Crippen molar-refractivity contribution < 1.29 is 29.2 Å². The van der Waals surface area contributed by atoms with Crippen LogP contribution in [0.4, 0.5) is 4.39 Å². The Hall–Kier alpha value is -2.13. The predicted octanol–water partition coefficient (Wildman–Crippen LogP) is 0.837. The van der Waals surface area contributed by atoms with E-state index in [0.29, 0.717) is 17.2 Å². The van der Waals surface area contributed by atoms with Crippen LogP contribution in [0, 0.1) is 17.1 Å². The molecule has 8 nitrogen and oxygen atoms in total. The van der Waals surface area contributed by atoms with Gasteiger partial charge in [-0.1, -0.05) is 0 Å². The molecule has 1 aromatic carbocycles. The number of halogens is 1. The second-order valence-electron chi connectivity index (χ2n) is 5.78. The zero-order chi connectivity index (χ0) is 18.9. The van der Waals surface area contributed by atoms with E-state index < -0.39 is 12.0 Å². The Labute approximate surface area is 152 Å². The van der Waals surface area contributed by atoms with E-state index in [9.17, 15) is 4.39 Å². The summed E-state index contributed by atoms with van der Waals surface area (Å²) in [5.74, 6) is -1.30. The summed E-state index contributed by atoms with van der Waals surface area (Å²) in [5.41, 5.74) is 0.178. The minimum Gasteiger partial charge on any atom is -0.416 e. The second-order valence-corrected chi connectivity index (χ2v) is 6.67. The van der Waals surface area contributed by atoms with E-state index in [-0.39, 0.29) is 29.1 Å². The molecular weight excluding hydrogens is 365 g/mol. The third kappa shape index (κ3) is 4.16. The van der Waals surface area contributed by atoms with E-state index >= 15 is 0 Å². The first-order valence-electron chi connectivity index (χ1n) is 7.68. The van der Waals surface area contributed by atoms with Gasteiger partial charge in [0.1, 0.15) is 28.7 Å². The number of nitrogens with zero attached hydrogens (tertiary/aromatic N) is 2. The van der Waals surface area contributed by atoms with Gasteiger partial charge in [0.2, 0.25) is 0 Å². The summed E-state index contributed by atoms with van der Waals surface area (Å²) in [5, 5.41) is 41.7. The Bertz CT molecular complexity index is 845. The molecular formula is C16H16FN3O5S. The number of rotatable bonds is 4. The van der Waals surface area contributed by atoms with Crippen LogP contribution in [0.15, 0.2) is 17.5 Å². The Morgan fingerprint density at radius 2 is 2.19 bits per heavy atom. The van der Waals surface area contributed by atoms with Crippen LogP contribution in [0.2, 0.25) is 0 Å². The number of hydrogen-bond acceptors (Lipinski definition) is 9. The number of thiazole rings is 1. The van der Waals surface area contributed by atoms with Gasteiger partial charge in [-0.25, -0.2) is 9.37 Å². The highest BCUT2D eigenvalue weighted by atomic mass is 32.1. The largest absolute Gasteiger partial charge is 0.453 e. The molecule has 0 spiro atoms. The number of morpholine rings is 1. The van der Waals surface area contributed by atoms with Crippen LogP contribution >= 0.6 is 11.3 Å². The molecule has 3 rings (SSSR count). The number of nitrogens with one attached hydrogen (secondary N) is 1. The van der Waals surface area contributed by atoms with Crippen LogP contribution in [-0.4, -0.2) is 45.7 Å². The molecule has 138 valence electrons. The first-order valence-corrected chi connectivity index (χ1v) is 8.56. The highest BCUT2D eigenvalue weighted by Crippen LogP contribution is 2.36. The number of benzene rings is 1. The molecule has 0 radical (unpaired) electrons. The highest BCUT2D eigenvalue weighted by Gasteiger charge is 2.27. The van der Waals surface area contributed by atoms with Gasteiger partial charge < -0.3 is 30.1 Å². The molecule has 0 bridgehead atoms. The first-order chi connectivity index (χ1) is 12.3. The second kappa shape index (κ2) is 7.24. The molecule has 1 aromatic heterocycles. The standard InChI is InChI=1S/C16H16FN3O5S/c1-8-5-19-6-14(24-8)15-20-12(7-26-15)10-2-9(4-18)11(17)3-13(10)25-16(21,22)23/h2-3,7-8,14,19,21-23H,5-6H2,1H3. The van der Waals surface area contributed by atoms with Crippen molar-refractivity contribution >= 4 is 11.3 Å². The summed E-state index contributed by atoms with van der Waals surface area (Å²) in [6.07, 6.45) is -3.74. The molecule has 26 heavy (non-hydrogen) atoms. The molecule has 1 aliphatic heterocycles. The summed E-state index contributed by atoms with van der Waals surface area (Å²) < 4.78 is 24.3. The highest BCUT2D eigenvalue weighted by molar-refractivity contribution is 7.10. The van der Waals surface area contributed by atoms with E-state index in [4.69, 9.17) is 25.3 Å². The van der Waals surface area contributed by atoms with Crippen LogP contribution in [0.25, 0.3) is 11.3 Å². The van der Waals surface area contributed by atoms with E-state index in [0.717, 1.165) is 18.7 Å². The van der Waals surface area contributed by atoms with E-state index in [2.05, 4.69) is 15.0 Å². The maximum atomic E-state index is 13.9. The van der Waals surface area contributed by atoms with Gasteiger partial charge in [-0.15, -0.1) is 11.3 Å². The summed E-state index contributed by atoms with van der Waals surface area (Å²) in [6, 6.07) is 3.64. The Balaban J connectivity index is 1.99. The Morgan fingerprint density at radius 3 is 2.85 bits per heavy atom. The van der Waals surface area contributed by atoms with Gasteiger partial charge in [-0.2, -0.15) is 5.26 Å². The van der Waals surface area contributed by atoms with Crippen LogP contribution in [0.3, 0.4) is 0 Å². The summed E-state index contributed by atoms with van der Waals surface area (Å²) in [4.78, 5) is 4.43. The van der Waals surface area contributed by atoms with Crippen LogP contribution in [0.5, 0.6) is 5.75 Å². The molecule has 1 aliphatic rings. The summed E-state index contributed by atoms with van der Waals surface area (Å²) in [6.45, 7) is 3.25. The fourth-order valence-electron chi connectivity index (χ4n) is 2.57. The quantitative estimate of drug-likeness (QED) is 0.574. The average Bonchev–Trinajstić information content (AvgIpc) is 3.03. The Kier molecular flexibility index (Phi) is 5.19. The third-order valence-corrected chi connectivity index (χ3v) is 4.60. The molecule has 2 unspecified atom stereocenters. The molecule has 0 aliphatic carbocycles. The number of ether oxygens (including phenoxy) is 2. The minimum atomic E-state index is -3.50. The molecule has 2 heterocycles.